The molecular formula is C34H38N2O4+2. The van der Waals surface area contributed by atoms with E-state index < -0.39 is 0 Å². The van der Waals surface area contributed by atoms with Crippen LogP contribution in [0.5, 0.6) is 17.2 Å². The lowest BCUT2D eigenvalue weighted by Crippen LogP contribution is -3.11. The molecule has 6 heteroatoms. The Morgan fingerprint density at radius 3 is 2.55 bits per heavy atom. The molecule has 0 saturated carbocycles. The van der Waals surface area contributed by atoms with Crippen molar-refractivity contribution in [1.82, 2.24) is 0 Å². The molecule has 6 nitrogen and oxygen atoms in total. The molecule has 0 bridgehead atoms. The molecule has 4 aromatic rings. The molecule has 1 atom stereocenters. The number of ketones is 1. The quantitative estimate of drug-likeness (QED) is 0.330. The summed E-state index contributed by atoms with van der Waals surface area (Å²) in [5, 5.41) is 11.0. The topological polar surface area (TPSA) is 64.1 Å². The highest BCUT2D eigenvalue weighted by Gasteiger charge is 2.35. The summed E-state index contributed by atoms with van der Waals surface area (Å²) >= 11 is 0. The monoisotopic (exact) mass is 538 g/mol. The van der Waals surface area contributed by atoms with Gasteiger partial charge in [0.25, 0.3) is 0 Å². The van der Waals surface area contributed by atoms with Crippen molar-refractivity contribution in [2.24, 2.45) is 18.9 Å². The number of aromatic hydroxyl groups is 1. The Kier molecular flexibility index (Phi) is 7.44. The fourth-order valence-corrected chi connectivity index (χ4v) is 6.52. The van der Waals surface area contributed by atoms with Crippen LogP contribution in [0, 0.1) is 11.8 Å². The Labute approximate surface area is 235 Å². The van der Waals surface area contributed by atoms with Gasteiger partial charge in [0.1, 0.15) is 25.9 Å². The number of pyridine rings is 1. The molecule has 0 spiro atoms. The van der Waals surface area contributed by atoms with Crippen molar-refractivity contribution >= 4 is 16.7 Å². The first kappa shape index (κ1) is 26.3. The van der Waals surface area contributed by atoms with E-state index in [2.05, 4.69) is 30.3 Å². The van der Waals surface area contributed by atoms with E-state index in [4.69, 9.17) is 9.47 Å². The van der Waals surface area contributed by atoms with Gasteiger partial charge in [0.05, 0.1) is 25.6 Å². The molecule has 1 aliphatic heterocycles. The molecule has 6 rings (SSSR count). The summed E-state index contributed by atoms with van der Waals surface area (Å²) in [5.41, 5.74) is 5.18. The molecule has 1 aromatic heterocycles. The highest BCUT2D eigenvalue weighted by Crippen LogP contribution is 2.39. The second kappa shape index (κ2) is 11.3. The maximum atomic E-state index is 13.4. The summed E-state index contributed by atoms with van der Waals surface area (Å²) in [6.45, 7) is 3.80. The summed E-state index contributed by atoms with van der Waals surface area (Å²) in [6.07, 6.45) is 5.94. The van der Waals surface area contributed by atoms with Crippen molar-refractivity contribution in [2.45, 2.75) is 38.8 Å². The molecule has 0 amide bonds. The van der Waals surface area contributed by atoms with E-state index in [1.165, 1.54) is 31.5 Å². The second-order valence-electron chi connectivity index (χ2n) is 11.5. The molecule has 206 valence electrons. The van der Waals surface area contributed by atoms with Crippen LogP contribution < -0.4 is 18.9 Å². The minimum absolute atomic E-state index is 0.0452. The van der Waals surface area contributed by atoms with Gasteiger partial charge in [-0.3, -0.25) is 4.79 Å². The van der Waals surface area contributed by atoms with E-state index in [0.29, 0.717) is 24.0 Å². The van der Waals surface area contributed by atoms with Crippen molar-refractivity contribution in [1.29, 1.82) is 0 Å². The average Bonchev–Trinajstić information content (AvgIpc) is 3.28. The van der Waals surface area contributed by atoms with Gasteiger partial charge in [-0.1, -0.05) is 36.4 Å². The van der Waals surface area contributed by atoms with E-state index in [9.17, 15) is 9.90 Å². The Hall–Kier alpha value is -3.90. The van der Waals surface area contributed by atoms with Gasteiger partial charge >= 0.3 is 0 Å². The van der Waals surface area contributed by atoms with Gasteiger partial charge in [0.15, 0.2) is 23.5 Å². The van der Waals surface area contributed by atoms with Crippen LogP contribution in [0.15, 0.2) is 72.9 Å². The van der Waals surface area contributed by atoms with Crippen LogP contribution in [-0.4, -0.2) is 31.1 Å². The predicted octanol–water partition coefficient (Wildman–Crippen LogP) is 4.20. The smallest absolute Gasteiger partial charge is 0.216 e. The maximum Gasteiger partial charge on any atom is 0.216 e. The number of ether oxygens (including phenoxy) is 2. The van der Waals surface area contributed by atoms with E-state index in [-0.39, 0.29) is 17.5 Å². The molecule has 1 saturated heterocycles. The number of aromatic nitrogens is 1. The van der Waals surface area contributed by atoms with Crippen LogP contribution in [0.4, 0.5) is 0 Å². The van der Waals surface area contributed by atoms with Crippen LogP contribution in [0.1, 0.15) is 46.3 Å². The minimum Gasteiger partial charge on any atom is -0.507 e. The highest BCUT2D eigenvalue weighted by molar-refractivity contribution is 6.03. The van der Waals surface area contributed by atoms with Crippen LogP contribution in [0.25, 0.3) is 10.9 Å². The summed E-state index contributed by atoms with van der Waals surface area (Å²) in [6, 6.07) is 22.2. The van der Waals surface area contributed by atoms with Gasteiger partial charge in [0.2, 0.25) is 5.52 Å². The lowest BCUT2D eigenvalue weighted by atomic mass is 9.85. The first-order valence-electron chi connectivity index (χ1n) is 14.3. The maximum absolute atomic E-state index is 13.4. The third kappa shape index (κ3) is 5.41. The number of carbonyl (C=O) groups is 1. The van der Waals surface area contributed by atoms with Gasteiger partial charge in [-0.2, -0.15) is 0 Å². The summed E-state index contributed by atoms with van der Waals surface area (Å²) in [7, 11) is 3.58. The van der Waals surface area contributed by atoms with Crippen LogP contribution in [-0.2, 0) is 26.6 Å². The number of piperidine rings is 1. The van der Waals surface area contributed by atoms with Crippen molar-refractivity contribution in [3.8, 4) is 17.2 Å². The van der Waals surface area contributed by atoms with Crippen molar-refractivity contribution < 1.29 is 28.8 Å². The zero-order valence-corrected chi connectivity index (χ0v) is 23.4. The Morgan fingerprint density at radius 2 is 1.77 bits per heavy atom. The van der Waals surface area contributed by atoms with Gasteiger partial charge in [-0.05, 0) is 60.9 Å². The molecule has 2 heterocycles. The zero-order valence-electron chi connectivity index (χ0n) is 23.4. The molecule has 2 aliphatic rings. The largest absolute Gasteiger partial charge is 0.507 e. The Morgan fingerprint density at radius 1 is 0.975 bits per heavy atom. The summed E-state index contributed by atoms with van der Waals surface area (Å²) in [5.74, 6) is 2.42. The molecule has 1 aliphatic carbocycles. The van der Waals surface area contributed by atoms with Gasteiger partial charge in [-0.25, -0.2) is 4.57 Å². The normalized spacial score (nSPS) is 20.4. The molecular weight excluding hydrogens is 500 g/mol. The summed E-state index contributed by atoms with van der Waals surface area (Å²) in [4.78, 5) is 15.0. The third-order valence-electron chi connectivity index (χ3n) is 8.79. The molecule has 2 N–H and O–H groups in total. The van der Waals surface area contributed by atoms with E-state index in [1.54, 1.807) is 18.1 Å². The van der Waals surface area contributed by atoms with Crippen molar-refractivity contribution in [3.63, 3.8) is 0 Å². The van der Waals surface area contributed by atoms with Gasteiger partial charge < -0.3 is 19.5 Å². The second-order valence-corrected chi connectivity index (χ2v) is 11.5. The number of carbonyl (C=O) groups excluding carboxylic acids is 1. The average molecular weight is 539 g/mol. The Balaban J connectivity index is 1.09. The third-order valence-corrected chi connectivity index (χ3v) is 8.79. The fraction of sp³-hybridized carbons (Fsp3) is 0.353. The number of aryl methyl sites for hydroxylation is 1. The lowest BCUT2D eigenvalue weighted by Gasteiger charge is -2.30. The van der Waals surface area contributed by atoms with Crippen molar-refractivity contribution in [3.05, 3.63) is 95.2 Å². The number of nitrogens with zero attached hydrogens (tertiary/aromatic N) is 1. The predicted molar refractivity (Wildman–Crippen MR) is 154 cm³/mol. The minimum atomic E-state index is 0.0452. The number of benzene rings is 3. The fourth-order valence-electron chi connectivity index (χ4n) is 6.52. The van der Waals surface area contributed by atoms with Crippen LogP contribution in [0.2, 0.25) is 0 Å². The first-order valence-corrected chi connectivity index (χ1v) is 14.3. The number of likely N-dealkylation sites (tertiary alicyclic amines) is 1. The van der Waals surface area contributed by atoms with Crippen molar-refractivity contribution in [2.75, 3.05) is 20.2 Å². The number of Topliss-reactive ketones (excluding diaryl/α,β-unsaturated/α-hetero) is 1. The number of rotatable bonds is 8. The van der Waals surface area contributed by atoms with Gasteiger partial charge in [-0.15, -0.1) is 0 Å². The van der Waals surface area contributed by atoms with Crippen LogP contribution >= 0.6 is 0 Å². The number of hydrogen-bond donors (Lipinski definition) is 2. The van der Waals surface area contributed by atoms with E-state index in [0.717, 1.165) is 47.0 Å². The molecule has 1 unspecified atom stereocenters. The molecule has 1 fully saturated rings. The van der Waals surface area contributed by atoms with Crippen LogP contribution in [0.3, 0.4) is 0 Å². The summed E-state index contributed by atoms with van der Waals surface area (Å²) < 4.78 is 13.9. The number of quaternary nitrogens is 1. The highest BCUT2D eigenvalue weighted by atomic mass is 16.5. The number of fused-ring (bicyclic) bond motifs is 2. The SMILES string of the molecule is COc1cc2c(cc1OCc1ccc3c(O)cc[n+](C)c3c1)CC(CC1CC[NH+](Cc3ccccc3)CC1)C2=O. The van der Waals surface area contributed by atoms with Gasteiger partial charge in [0, 0.05) is 29.2 Å². The molecule has 3 aromatic carbocycles. The number of methoxy groups -OCH3 is 1. The standard InChI is InChI=1S/C34H36N2O4/c1-35-13-12-31(37)28-9-8-25(17-30(28)35)22-40-33-19-26-18-27(34(38)29(26)20-32(33)39-2)16-23-10-14-36(15-11-23)21-24-6-4-3-5-7-24/h3-9,12-13,17,19-20,23,27H,10-11,14-16,18,21-22H2,1-2H3/p+2. The lowest BCUT2D eigenvalue weighted by molar-refractivity contribution is -0.919. The zero-order chi connectivity index (χ0) is 27.6. The first-order chi connectivity index (χ1) is 19.5. The number of hydrogen-bond acceptors (Lipinski definition) is 4. The number of nitrogens with one attached hydrogen (secondary N) is 1. The van der Waals surface area contributed by atoms with E-state index >= 15 is 0 Å². The molecule has 40 heavy (non-hydrogen) atoms. The molecule has 0 radical (unpaired) electrons. The van der Waals surface area contributed by atoms with E-state index in [1.807, 2.05) is 48.1 Å². The Bertz CT molecular complexity index is 1530.